The first kappa shape index (κ1) is 9.55. The van der Waals surface area contributed by atoms with Gasteiger partial charge in [-0.3, -0.25) is 0 Å². The molecule has 0 amide bonds. The zero-order chi connectivity index (χ0) is 9.97. The summed E-state index contributed by atoms with van der Waals surface area (Å²) in [6.45, 7) is 1.13. The molecule has 1 heterocycles. The van der Waals surface area contributed by atoms with Gasteiger partial charge in [-0.05, 0) is 17.7 Å². The van der Waals surface area contributed by atoms with Crippen LogP contribution in [0.5, 0.6) is 0 Å². The summed E-state index contributed by atoms with van der Waals surface area (Å²) < 4.78 is 35.7. The van der Waals surface area contributed by atoms with Crippen LogP contribution < -0.4 is 0 Å². The summed E-state index contributed by atoms with van der Waals surface area (Å²) >= 11 is 0. The maximum absolute atomic E-state index is 12.8. The summed E-state index contributed by atoms with van der Waals surface area (Å²) in [5.74, 6) is -1.66. The van der Waals surface area contributed by atoms with Gasteiger partial charge in [0.1, 0.15) is 0 Å². The average Bonchev–Trinajstić information content (AvgIpc) is 2.64. The van der Waals surface area contributed by atoms with Crippen molar-refractivity contribution in [2.24, 2.45) is 0 Å². The SMILES string of the molecule is Fc1ccc(CC2OCCO2)cc1F. The molecule has 4 heteroatoms. The molecule has 1 aliphatic rings. The van der Waals surface area contributed by atoms with Gasteiger partial charge in [0.05, 0.1) is 13.2 Å². The van der Waals surface area contributed by atoms with Crippen LogP contribution in [0, 0.1) is 11.6 Å². The Morgan fingerprint density at radius 2 is 1.86 bits per heavy atom. The van der Waals surface area contributed by atoms with Gasteiger partial charge in [0.2, 0.25) is 0 Å². The molecule has 0 aliphatic carbocycles. The van der Waals surface area contributed by atoms with E-state index in [0.29, 0.717) is 25.2 Å². The van der Waals surface area contributed by atoms with Gasteiger partial charge in [0, 0.05) is 6.42 Å². The van der Waals surface area contributed by atoms with Gasteiger partial charge in [0.15, 0.2) is 17.9 Å². The van der Waals surface area contributed by atoms with E-state index in [9.17, 15) is 8.78 Å². The summed E-state index contributed by atoms with van der Waals surface area (Å²) in [6.07, 6.45) is 0.136. The van der Waals surface area contributed by atoms with E-state index < -0.39 is 11.6 Å². The molecule has 14 heavy (non-hydrogen) atoms. The van der Waals surface area contributed by atoms with Gasteiger partial charge in [0.25, 0.3) is 0 Å². The van der Waals surface area contributed by atoms with Crippen molar-refractivity contribution in [1.82, 2.24) is 0 Å². The number of benzene rings is 1. The van der Waals surface area contributed by atoms with Crippen LogP contribution in [0.3, 0.4) is 0 Å². The topological polar surface area (TPSA) is 18.5 Å². The molecule has 2 rings (SSSR count). The highest BCUT2D eigenvalue weighted by Gasteiger charge is 2.16. The second-order valence-corrected chi connectivity index (χ2v) is 3.12. The monoisotopic (exact) mass is 200 g/mol. The largest absolute Gasteiger partial charge is 0.350 e. The minimum Gasteiger partial charge on any atom is -0.350 e. The fourth-order valence-corrected chi connectivity index (χ4v) is 1.38. The Bertz CT molecular complexity index is 322. The molecule has 0 unspecified atom stereocenters. The molecule has 0 radical (unpaired) electrons. The van der Waals surface area contributed by atoms with Crippen LogP contribution in [0.1, 0.15) is 5.56 Å². The molecule has 1 aliphatic heterocycles. The van der Waals surface area contributed by atoms with Crippen molar-refractivity contribution in [3.63, 3.8) is 0 Å². The molecule has 0 bridgehead atoms. The van der Waals surface area contributed by atoms with E-state index >= 15 is 0 Å². The predicted molar refractivity (Wildman–Crippen MR) is 45.8 cm³/mol. The third-order valence-electron chi connectivity index (χ3n) is 2.08. The van der Waals surface area contributed by atoms with Gasteiger partial charge in [-0.1, -0.05) is 6.07 Å². The maximum Gasteiger partial charge on any atom is 0.161 e. The second kappa shape index (κ2) is 4.02. The molecule has 0 aromatic heterocycles. The van der Waals surface area contributed by atoms with Crippen molar-refractivity contribution in [2.75, 3.05) is 13.2 Å². The first-order valence-electron chi connectivity index (χ1n) is 4.43. The highest BCUT2D eigenvalue weighted by molar-refractivity contribution is 5.18. The average molecular weight is 200 g/mol. The fourth-order valence-electron chi connectivity index (χ4n) is 1.38. The smallest absolute Gasteiger partial charge is 0.161 e. The normalized spacial score (nSPS) is 17.6. The lowest BCUT2D eigenvalue weighted by atomic mass is 10.1. The van der Waals surface area contributed by atoms with Gasteiger partial charge >= 0.3 is 0 Å². The molecule has 0 atom stereocenters. The van der Waals surface area contributed by atoms with Gasteiger partial charge in [-0.2, -0.15) is 0 Å². The van der Waals surface area contributed by atoms with Crippen molar-refractivity contribution in [3.05, 3.63) is 35.4 Å². The Balaban J connectivity index is 2.05. The van der Waals surface area contributed by atoms with Crippen molar-refractivity contribution >= 4 is 0 Å². The molecule has 1 aromatic rings. The lowest BCUT2D eigenvalue weighted by Crippen LogP contribution is -2.11. The van der Waals surface area contributed by atoms with Crippen LogP contribution in [0.25, 0.3) is 0 Å². The molecule has 1 fully saturated rings. The van der Waals surface area contributed by atoms with E-state index in [4.69, 9.17) is 9.47 Å². The Labute approximate surface area is 80.4 Å². The molecule has 0 N–H and O–H groups in total. The molecular weight excluding hydrogens is 190 g/mol. The number of hydrogen-bond donors (Lipinski definition) is 0. The zero-order valence-electron chi connectivity index (χ0n) is 7.50. The molecule has 0 spiro atoms. The third kappa shape index (κ3) is 2.08. The molecule has 2 nitrogen and oxygen atoms in total. The van der Waals surface area contributed by atoms with Crippen molar-refractivity contribution in [3.8, 4) is 0 Å². The Morgan fingerprint density at radius 1 is 1.14 bits per heavy atom. The van der Waals surface area contributed by atoms with Crippen LogP contribution in [0.2, 0.25) is 0 Å². The molecule has 1 saturated heterocycles. The van der Waals surface area contributed by atoms with Crippen molar-refractivity contribution < 1.29 is 18.3 Å². The summed E-state index contributed by atoms with van der Waals surface area (Å²) in [5.41, 5.74) is 0.677. The minimum atomic E-state index is -0.833. The van der Waals surface area contributed by atoms with Crippen LogP contribution in [0.15, 0.2) is 18.2 Å². The van der Waals surface area contributed by atoms with Gasteiger partial charge < -0.3 is 9.47 Å². The van der Waals surface area contributed by atoms with Crippen LogP contribution in [-0.4, -0.2) is 19.5 Å². The Morgan fingerprint density at radius 3 is 2.50 bits per heavy atom. The number of ether oxygens (including phenoxy) is 2. The lowest BCUT2D eigenvalue weighted by molar-refractivity contribution is -0.0400. The summed E-state index contributed by atoms with van der Waals surface area (Å²) in [7, 11) is 0. The summed E-state index contributed by atoms with van der Waals surface area (Å²) in [6, 6.07) is 3.81. The standard InChI is InChI=1S/C10H10F2O2/c11-8-2-1-7(5-9(8)12)6-10-13-3-4-14-10/h1-2,5,10H,3-4,6H2. The second-order valence-electron chi connectivity index (χ2n) is 3.12. The van der Waals surface area contributed by atoms with Crippen LogP contribution in [0.4, 0.5) is 8.78 Å². The van der Waals surface area contributed by atoms with E-state index in [0.717, 1.165) is 6.07 Å². The molecule has 0 saturated carbocycles. The minimum absolute atomic E-state index is 0.320. The Hall–Kier alpha value is -1.00. The Kier molecular flexibility index (Phi) is 2.74. The number of rotatable bonds is 2. The third-order valence-corrected chi connectivity index (χ3v) is 2.08. The van der Waals surface area contributed by atoms with Gasteiger partial charge in [-0.15, -0.1) is 0 Å². The quantitative estimate of drug-likeness (QED) is 0.725. The molecule has 76 valence electrons. The van der Waals surface area contributed by atoms with Crippen LogP contribution >= 0.6 is 0 Å². The first-order chi connectivity index (χ1) is 6.75. The first-order valence-corrected chi connectivity index (χ1v) is 4.43. The van der Waals surface area contributed by atoms with E-state index in [1.165, 1.54) is 12.1 Å². The number of halogens is 2. The highest BCUT2D eigenvalue weighted by Crippen LogP contribution is 2.14. The predicted octanol–water partition coefficient (Wildman–Crippen LogP) is 1.88. The fraction of sp³-hybridized carbons (Fsp3) is 0.400. The zero-order valence-corrected chi connectivity index (χ0v) is 7.50. The lowest BCUT2D eigenvalue weighted by Gasteiger charge is -2.08. The van der Waals surface area contributed by atoms with E-state index in [1.54, 1.807) is 0 Å². The van der Waals surface area contributed by atoms with Crippen molar-refractivity contribution in [1.29, 1.82) is 0 Å². The summed E-state index contributed by atoms with van der Waals surface area (Å²) in [5, 5.41) is 0. The summed E-state index contributed by atoms with van der Waals surface area (Å²) in [4.78, 5) is 0. The molecular formula is C10H10F2O2. The highest BCUT2D eigenvalue weighted by atomic mass is 19.2. The van der Waals surface area contributed by atoms with Gasteiger partial charge in [-0.25, -0.2) is 8.78 Å². The van der Waals surface area contributed by atoms with E-state index in [1.807, 2.05) is 0 Å². The maximum atomic E-state index is 12.8. The van der Waals surface area contributed by atoms with E-state index in [2.05, 4.69) is 0 Å². The van der Waals surface area contributed by atoms with E-state index in [-0.39, 0.29) is 6.29 Å². The van der Waals surface area contributed by atoms with Crippen molar-refractivity contribution in [2.45, 2.75) is 12.7 Å². The molecule has 1 aromatic carbocycles. The van der Waals surface area contributed by atoms with Crippen LogP contribution in [-0.2, 0) is 15.9 Å². The number of hydrogen-bond acceptors (Lipinski definition) is 2.